The lowest BCUT2D eigenvalue weighted by atomic mass is 9.93. The molecule has 0 amide bonds. The van der Waals surface area contributed by atoms with E-state index in [9.17, 15) is 0 Å². The van der Waals surface area contributed by atoms with Gasteiger partial charge in [-0.3, -0.25) is 4.98 Å². The second kappa shape index (κ2) is 2.70. The third-order valence-corrected chi connectivity index (χ3v) is 2.25. The van der Waals surface area contributed by atoms with Crippen molar-refractivity contribution in [2.75, 3.05) is 0 Å². The fraction of sp³-hybridized carbons (Fsp3) is 0.500. The van der Waals surface area contributed by atoms with Crippen LogP contribution in [0.1, 0.15) is 32.0 Å². The van der Waals surface area contributed by atoms with E-state index in [1.165, 1.54) is 0 Å². The van der Waals surface area contributed by atoms with Crippen molar-refractivity contribution in [3.8, 4) is 5.75 Å². The highest BCUT2D eigenvalue weighted by molar-refractivity contribution is 5.32. The molecule has 0 aromatic carbocycles. The molecule has 2 rings (SSSR count). The Hall–Kier alpha value is -1.09. The van der Waals surface area contributed by atoms with Gasteiger partial charge in [0.2, 0.25) is 0 Å². The van der Waals surface area contributed by atoms with Crippen LogP contribution >= 0.6 is 0 Å². The summed E-state index contributed by atoms with van der Waals surface area (Å²) in [4.78, 5) is 4.22. The second-order valence-electron chi connectivity index (χ2n) is 4.06. The summed E-state index contributed by atoms with van der Waals surface area (Å²) in [6.45, 7) is 4.09. The summed E-state index contributed by atoms with van der Waals surface area (Å²) in [5.41, 5.74) is 6.68. The van der Waals surface area contributed by atoms with Gasteiger partial charge < -0.3 is 10.5 Å². The van der Waals surface area contributed by atoms with Crippen LogP contribution in [0.15, 0.2) is 18.3 Å². The normalized spacial score (nSPS) is 24.7. The monoisotopic (exact) mass is 178 g/mol. The molecule has 2 heterocycles. The van der Waals surface area contributed by atoms with Gasteiger partial charge in [-0.25, -0.2) is 0 Å². The van der Waals surface area contributed by atoms with Crippen LogP contribution in [0.5, 0.6) is 5.75 Å². The van der Waals surface area contributed by atoms with Crippen LogP contribution in [0.25, 0.3) is 0 Å². The first-order chi connectivity index (χ1) is 6.08. The van der Waals surface area contributed by atoms with Crippen LogP contribution < -0.4 is 10.5 Å². The molecule has 70 valence electrons. The van der Waals surface area contributed by atoms with Gasteiger partial charge in [0, 0.05) is 12.6 Å². The van der Waals surface area contributed by atoms with Gasteiger partial charge in [0.15, 0.2) is 0 Å². The molecule has 13 heavy (non-hydrogen) atoms. The maximum atomic E-state index is 5.98. The van der Waals surface area contributed by atoms with Gasteiger partial charge in [-0.15, -0.1) is 0 Å². The van der Waals surface area contributed by atoms with E-state index in [-0.39, 0.29) is 11.6 Å². The molecule has 3 heteroatoms. The van der Waals surface area contributed by atoms with E-state index >= 15 is 0 Å². The van der Waals surface area contributed by atoms with Crippen LogP contribution in [0, 0.1) is 0 Å². The summed E-state index contributed by atoms with van der Waals surface area (Å²) in [6, 6.07) is 3.79. The molecule has 0 bridgehead atoms. The fourth-order valence-corrected chi connectivity index (χ4v) is 1.73. The third-order valence-electron chi connectivity index (χ3n) is 2.25. The van der Waals surface area contributed by atoms with Crippen LogP contribution in [-0.2, 0) is 0 Å². The molecule has 0 spiro atoms. The number of aromatic nitrogens is 1. The van der Waals surface area contributed by atoms with Gasteiger partial charge in [-0.2, -0.15) is 0 Å². The molecular formula is C10H14N2O. The number of ether oxygens (including phenoxy) is 1. The Kier molecular flexibility index (Phi) is 1.77. The Morgan fingerprint density at radius 2 is 2.38 bits per heavy atom. The minimum atomic E-state index is -0.171. The van der Waals surface area contributed by atoms with Crippen molar-refractivity contribution < 1.29 is 4.74 Å². The van der Waals surface area contributed by atoms with E-state index in [1.54, 1.807) is 6.20 Å². The van der Waals surface area contributed by atoms with Crippen molar-refractivity contribution in [1.29, 1.82) is 0 Å². The largest absolute Gasteiger partial charge is 0.486 e. The predicted octanol–water partition coefficient (Wildman–Crippen LogP) is 1.64. The molecule has 0 fully saturated rings. The highest BCUT2D eigenvalue weighted by atomic mass is 16.5. The first-order valence-electron chi connectivity index (χ1n) is 4.48. The first kappa shape index (κ1) is 8.51. The van der Waals surface area contributed by atoms with Crippen molar-refractivity contribution in [2.24, 2.45) is 5.73 Å². The molecule has 1 aliphatic rings. The smallest absolute Gasteiger partial charge is 0.143 e. The zero-order valence-electron chi connectivity index (χ0n) is 7.95. The van der Waals surface area contributed by atoms with E-state index < -0.39 is 0 Å². The predicted molar refractivity (Wildman–Crippen MR) is 50.5 cm³/mol. The Balaban J connectivity index is 2.43. The van der Waals surface area contributed by atoms with E-state index in [2.05, 4.69) is 4.98 Å². The summed E-state index contributed by atoms with van der Waals surface area (Å²) in [5.74, 6) is 0.825. The minimum Gasteiger partial charge on any atom is -0.486 e. The summed E-state index contributed by atoms with van der Waals surface area (Å²) in [7, 11) is 0. The number of nitrogens with two attached hydrogens (primary N) is 1. The van der Waals surface area contributed by atoms with Crippen LogP contribution in [-0.4, -0.2) is 10.6 Å². The third kappa shape index (κ3) is 1.52. The molecule has 1 aliphatic heterocycles. The summed E-state index contributed by atoms with van der Waals surface area (Å²) in [5, 5.41) is 0. The Morgan fingerprint density at radius 1 is 1.62 bits per heavy atom. The molecule has 0 saturated carbocycles. The lowest BCUT2D eigenvalue weighted by Crippen LogP contribution is -2.37. The van der Waals surface area contributed by atoms with Gasteiger partial charge in [0.25, 0.3) is 0 Å². The maximum absolute atomic E-state index is 5.98. The average molecular weight is 178 g/mol. The number of fused-ring (bicyclic) bond motifs is 1. The number of hydrogen-bond acceptors (Lipinski definition) is 3. The minimum absolute atomic E-state index is 0.0000463. The van der Waals surface area contributed by atoms with Gasteiger partial charge in [-0.1, -0.05) is 0 Å². The number of hydrogen-bond donors (Lipinski definition) is 1. The van der Waals surface area contributed by atoms with Gasteiger partial charge in [0.1, 0.15) is 11.4 Å². The van der Waals surface area contributed by atoms with Gasteiger partial charge >= 0.3 is 0 Å². The number of rotatable bonds is 0. The molecule has 2 N–H and O–H groups in total. The van der Waals surface area contributed by atoms with Crippen LogP contribution in [0.3, 0.4) is 0 Å². The number of nitrogens with zero attached hydrogens (tertiary/aromatic N) is 1. The van der Waals surface area contributed by atoms with Crippen molar-refractivity contribution >= 4 is 0 Å². The molecular weight excluding hydrogens is 164 g/mol. The standard InChI is InChI=1S/C10H14N2O/c1-10(2)6-7(11)9-8(13-10)4-3-5-12-9/h3-5,7H,6,11H2,1-2H3/t7-/m1/s1. The van der Waals surface area contributed by atoms with Crippen molar-refractivity contribution in [3.05, 3.63) is 24.0 Å². The van der Waals surface area contributed by atoms with Crippen molar-refractivity contribution in [3.63, 3.8) is 0 Å². The van der Waals surface area contributed by atoms with Crippen molar-refractivity contribution in [1.82, 2.24) is 4.98 Å². The molecule has 0 unspecified atom stereocenters. The lowest BCUT2D eigenvalue weighted by molar-refractivity contribution is 0.0709. The lowest BCUT2D eigenvalue weighted by Gasteiger charge is -2.35. The zero-order valence-corrected chi connectivity index (χ0v) is 7.95. The van der Waals surface area contributed by atoms with Crippen molar-refractivity contribution in [2.45, 2.75) is 31.9 Å². The maximum Gasteiger partial charge on any atom is 0.143 e. The second-order valence-corrected chi connectivity index (χ2v) is 4.06. The number of pyridine rings is 1. The highest BCUT2D eigenvalue weighted by Gasteiger charge is 2.32. The summed E-state index contributed by atoms with van der Waals surface area (Å²) in [6.07, 6.45) is 2.57. The fourth-order valence-electron chi connectivity index (χ4n) is 1.73. The summed E-state index contributed by atoms with van der Waals surface area (Å²) < 4.78 is 5.75. The molecule has 0 radical (unpaired) electrons. The van der Waals surface area contributed by atoms with E-state index in [4.69, 9.17) is 10.5 Å². The molecule has 1 aromatic rings. The Bertz CT molecular complexity index is 322. The van der Waals surface area contributed by atoms with Crippen LogP contribution in [0.2, 0.25) is 0 Å². The topological polar surface area (TPSA) is 48.1 Å². The molecule has 0 saturated heterocycles. The van der Waals surface area contributed by atoms with E-state index in [0.29, 0.717) is 0 Å². The van der Waals surface area contributed by atoms with Crippen LogP contribution in [0.4, 0.5) is 0 Å². The molecule has 1 aromatic heterocycles. The highest BCUT2D eigenvalue weighted by Crippen LogP contribution is 2.36. The quantitative estimate of drug-likeness (QED) is 0.657. The molecule has 1 atom stereocenters. The Morgan fingerprint density at radius 3 is 3.15 bits per heavy atom. The van der Waals surface area contributed by atoms with E-state index in [1.807, 2.05) is 26.0 Å². The SMILES string of the molecule is CC1(C)C[C@@H](N)c2ncccc2O1. The van der Waals surface area contributed by atoms with E-state index in [0.717, 1.165) is 17.9 Å². The average Bonchev–Trinajstić information content (AvgIpc) is 2.02. The molecule has 0 aliphatic carbocycles. The van der Waals surface area contributed by atoms with Gasteiger partial charge in [-0.05, 0) is 26.0 Å². The molecule has 3 nitrogen and oxygen atoms in total. The summed E-state index contributed by atoms with van der Waals surface area (Å²) >= 11 is 0. The first-order valence-corrected chi connectivity index (χ1v) is 4.48. The Labute approximate surface area is 77.9 Å². The zero-order chi connectivity index (χ0) is 9.47. The van der Waals surface area contributed by atoms with Gasteiger partial charge in [0.05, 0.1) is 11.7 Å².